The van der Waals surface area contributed by atoms with Gasteiger partial charge in [0.1, 0.15) is 0 Å². The lowest BCUT2D eigenvalue weighted by Gasteiger charge is -2.33. The molecule has 0 radical (unpaired) electrons. The third-order valence-corrected chi connectivity index (χ3v) is 4.58. The minimum Gasteiger partial charge on any atom is -0.357 e. The van der Waals surface area contributed by atoms with Crippen LogP contribution in [0.1, 0.15) is 46.1 Å². The summed E-state index contributed by atoms with van der Waals surface area (Å²) in [6.45, 7) is 11.9. The summed E-state index contributed by atoms with van der Waals surface area (Å²) in [4.78, 5) is 18.9. The van der Waals surface area contributed by atoms with Gasteiger partial charge in [-0.1, -0.05) is 32.9 Å². The molecule has 5 nitrogen and oxygen atoms in total. The smallest absolute Gasteiger partial charge is 0.226 e. The number of hydrogen-bond donors (Lipinski definition) is 2. The molecule has 1 aromatic carbocycles. The van der Waals surface area contributed by atoms with E-state index in [9.17, 15) is 4.79 Å². The Morgan fingerprint density at radius 3 is 2.44 bits per heavy atom. The maximum Gasteiger partial charge on any atom is 0.226 e. The van der Waals surface area contributed by atoms with Crippen molar-refractivity contribution < 1.29 is 4.79 Å². The van der Waals surface area contributed by atoms with Gasteiger partial charge < -0.3 is 15.5 Å². The molecule has 0 saturated carbocycles. The Hall–Kier alpha value is -2.04. The van der Waals surface area contributed by atoms with E-state index < -0.39 is 0 Å². The number of likely N-dealkylation sites (tertiary alicyclic amines) is 1. The van der Waals surface area contributed by atoms with Crippen molar-refractivity contribution in [3.05, 3.63) is 29.8 Å². The van der Waals surface area contributed by atoms with Gasteiger partial charge in [-0.05, 0) is 43.4 Å². The van der Waals surface area contributed by atoms with Crippen molar-refractivity contribution in [2.45, 2.75) is 47.1 Å². The summed E-state index contributed by atoms with van der Waals surface area (Å²) in [6, 6.07) is 7.95. The van der Waals surface area contributed by atoms with Gasteiger partial charge in [-0.2, -0.15) is 0 Å². The van der Waals surface area contributed by atoms with Crippen molar-refractivity contribution in [3.8, 4) is 0 Å². The Morgan fingerprint density at radius 2 is 1.88 bits per heavy atom. The summed E-state index contributed by atoms with van der Waals surface area (Å²) >= 11 is 0. The maximum absolute atomic E-state index is 11.7. The average molecular weight is 345 g/mol. The number of hydrogen-bond acceptors (Lipinski definition) is 2. The molecule has 0 spiro atoms. The predicted octanol–water partition coefficient (Wildman–Crippen LogP) is 3.48. The van der Waals surface area contributed by atoms with Crippen LogP contribution in [-0.2, 0) is 11.3 Å². The number of nitrogens with zero attached hydrogens (tertiary/aromatic N) is 2. The van der Waals surface area contributed by atoms with Crippen LogP contribution in [0.25, 0.3) is 0 Å². The lowest BCUT2D eigenvalue weighted by Crippen LogP contribution is -2.45. The molecule has 1 aliphatic heterocycles. The molecule has 1 saturated heterocycles. The molecule has 1 aromatic rings. The van der Waals surface area contributed by atoms with E-state index in [1.807, 2.05) is 38.1 Å². The van der Waals surface area contributed by atoms with Gasteiger partial charge in [-0.15, -0.1) is 0 Å². The average Bonchev–Trinajstić information content (AvgIpc) is 2.60. The summed E-state index contributed by atoms with van der Waals surface area (Å²) in [6.07, 6.45) is 2.46. The van der Waals surface area contributed by atoms with Crippen molar-refractivity contribution in [2.24, 2.45) is 16.8 Å². The summed E-state index contributed by atoms with van der Waals surface area (Å²) in [5.41, 5.74) is 1.98. The molecular formula is C20H32N4O. The Labute approximate surface area is 151 Å². The monoisotopic (exact) mass is 344 g/mol. The van der Waals surface area contributed by atoms with Crippen LogP contribution >= 0.6 is 0 Å². The molecule has 25 heavy (non-hydrogen) atoms. The number of benzene rings is 1. The van der Waals surface area contributed by atoms with Crippen molar-refractivity contribution in [1.82, 2.24) is 10.2 Å². The lowest BCUT2D eigenvalue weighted by molar-refractivity contribution is -0.118. The van der Waals surface area contributed by atoms with Crippen LogP contribution in [0.15, 0.2) is 29.3 Å². The second kappa shape index (κ2) is 9.44. The minimum absolute atomic E-state index is 0.0146. The van der Waals surface area contributed by atoms with E-state index >= 15 is 0 Å². The summed E-state index contributed by atoms with van der Waals surface area (Å²) < 4.78 is 0. The summed E-state index contributed by atoms with van der Waals surface area (Å²) in [5.74, 6) is 1.85. The second-order valence-corrected chi connectivity index (χ2v) is 7.18. The number of piperidine rings is 1. The SMILES string of the molecule is CCNC(=NCc1ccc(NC(=O)C(C)C)cc1)N1CCC(C)CC1. The van der Waals surface area contributed by atoms with Gasteiger partial charge in [-0.3, -0.25) is 4.79 Å². The number of carbonyl (C=O) groups is 1. The van der Waals surface area contributed by atoms with Crippen LogP contribution in [0.2, 0.25) is 0 Å². The third-order valence-electron chi connectivity index (χ3n) is 4.58. The largest absolute Gasteiger partial charge is 0.357 e. The Kier molecular flexibility index (Phi) is 7.29. The van der Waals surface area contributed by atoms with E-state index in [1.54, 1.807) is 0 Å². The zero-order valence-corrected chi connectivity index (χ0v) is 16.0. The van der Waals surface area contributed by atoms with Crippen molar-refractivity contribution in [3.63, 3.8) is 0 Å². The van der Waals surface area contributed by atoms with Crippen molar-refractivity contribution in [1.29, 1.82) is 0 Å². The van der Waals surface area contributed by atoms with Crippen molar-refractivity contribution >= 4 is 17.6 Å². The fourth-order valence-electron chi connectivity index (χ4n) is 2.79. The van der Waals surface area contributed by atoms with Gasteiger partial charge in [0.2, 0.25) is 5.91 Å². The van der Waals surface area contributed by atoms with E-state index in [-0.39, 0.29) is 11.8 Å². The number of aliphatic imine (C=N–C) groups is 1. The van der Waals surface area contributed by atoms with Crippen LogP contribution in [0.5, 0.6) is 0 Å². The van der Waals surface area contributed by atoms with E-state index in [0.717, 1.165) is 42.8 Å². The predicted molar refractivity (Wildman–Crippen MR) is 105 cm³/mol. The van der Waals surface area contributed by atoms with Gasteiger partial charge >= 0.3 is 0 Å². The number of carbonyl (C=O) groups excluding carboxylic acids is 1. The first-order valence-corrected chi connectivity index (χ1v) is 9.42. The van der Waals surface area contributed by atoms with Crippen LogP contribution in [0.3, 0.4) is 0 Å². The minimum atomic E-state index is -0.0146. The van der Waals surface area contributed by atoms with E-state index in [4.69, 9.17) is 4.99 Å². The summed E-state index contributed by atoms with van der Waals surface area (Å²) in [7, 11) is 0. The Bertz CT molecular complexity index is 572. The van der Waals surface area contributed by atoms with E-state index in [0.29, 0.717) is 6.54 Å². The highest BCUT2D eigenvalue weighted by Crippen LogP contribution is 2.16. The van der Waals surface area contributed by atoms with Gasteiger partial charge in [-0.25, -0.2) is 4.99 Å². The number of guanidine groups is 1. The van der Waals surface area contributed by atoms with Gasteiger partial charge in [0.25, 0.3) is 0 Å². The van der Waals surface area contributed by atoms with Crippen molar-refractivity contribution in [2.75, 3.05) is 25.0 Å². The standard InChI is InChI=1S/C20H32N4O/c1-5-21-20(24-12-10-16(4)11-13-24)22-14-17-6-8-18(9-7-17)23-19(25)15(2)3/h6-9,15-16H,5,10-14H2,1-4H3,(H,21,22)(H,23,25). The fraction of sp³-hybridized carbons (Fsp3) is 0.600. The first kappa shape index (κ1) is 19.3. The molecule has 1 fully saturated rings. The van der Waals surface area contributed by atoms with Crippen LogP contribution in [0, 0.1) is 11.8 Å². The third kappa shape index (κ3) is 6.07. The highest BCUT2D eigenvalue weighted by molar-refractivity contribution is 5.92. The maximum atomic E-state index is 11.7. The molecule has 1 aliphatic rings. The molecule has 5 heteroatoms. The molecule has 138 valence electrons. The number of rotatable bonds is 5. The van der Waals surface area contributed by atoms with E-state index in [2.05, 4.69) is 29.4 Å². The summed E-state index contributed by atoms with van der Waals surface area (Å²) in [5, 5.41) is 6.32. The lowest BCUT2D eigenvalue weighted by atomic mass is 10.00. The molecule has 2 rings (SSSR count). The number of amides is 1. The zero-order chi connectivity index (χ0) is 18.2. The Balaban J connectivity index is 1.96. The normalized spacial score (nSPS) is 16.2. The number of nitrogens with one attached hydrogen (secondary N) is 2. The fourth-order valence-corrected chi connectivity index (χ4v) is 2.79. The molecule has 2 N–H and O–H groups in total. The van der Waals surface area contributed by atoms with Gasteiger partial charge in [0, 0.05) is 31.2 Å². The number of anilines is 1. The van der Waals surface area contributed by atoms with Crippen LogP contribution < -0.4 is 10.6 Å². The molecule has 1 heterocycles. The molecule has 0 unspecified atom stereocenters. The van der Waals surface area contributed by atoms with Gasteiger partial charge in [0.05, 0.1) is 6.54 Å². The topological polar surface area (TPSA) is 56.7 Å². The van der Waals surface area contributed by atoms with E-state index in [1.165, 1.54) is 12.8 Å². The molecule has 1 amide bonds. The van der Waals surface area contributed by atoms with Crippen LogP contribution in [-0.4, -0.2) is 36.4 Å². The molecular weight excluding hydrogens is 312 g/mol. The quantitative estimate of drug-likeness (QED) is 0.635. The molecule has 0 atom stereocenters. The second-order valence-electron chi connectivity index (χ2n) is 7.18. The van der Waals surface area contributed by atoms with Crippen LogP contribution in [0.4, 0.5) is 5.69 Å². The first-order chi connectivity index (χ1) is 12.0. The highest BCUT2D eigenvalue weighted by Gasteiger charge is 2.18. The molecule has 0 aliphatic carbocycles. The molecule has 0 aromatic heterocycles. The zero-order valence-electron chi connectivity index (χ0n) is 16.0. The van der Waals surface area contributed by atoms with Gasteiger partial charge in [0.15, 0.2) is 5.96 Å². The first-order valence-electron chi connectivity index (χ1n) is 9.42. The molecule has 0 bridgehead atoms. The Morgan fingerprint density at radius 1 is 1.24 bits per heavy atom. The highest BCUT2D eigenvalue weighted by atomic mass is 16.1.